The molecule has 0 fully saturated rings. The normalized spacial score (nSPS) is 9.94. The molecule has 2 N–H and O–H groups in total. The Bertz CT molecular complexity index is 448. The molecule has 0 heterocycles. The molecule has 0 saturated carbocycles. The zero-order valence-electron chi connectivity index (χ0n) is 8.42. The van der Waals surface area contributed by atoms with E-state index in [1.807, 2.05) is 0 Å². The number of carbonyl (C=O) groups is 2. The average molecular weight is 307 g/mol. The number of carbonyl (C=O) groups excluding carboxylic acids is 2. The summed E-state index contributed by atoms with van der Waals surface area (Å²) in [5, 5.41) is 0.0485. The van der Waals surface area contributed by atoms with E-state index < -0.39 is 5.97 Å². The van der Waals surface area contributed by atoms with Crippen LogP contribution in [0.5, 0.6) is 0 Å². The first-order chi connectivity index (χ1) is 7.52. The summed E-state index contributed by atoms with van der Waals surface area (Å²) in [4.78, 5) is 22.2. The fourth-order valence-corrected chi connectivity index (χ4v) is 2.02. The van der Waals surface area contributed by atoms with Crippen LogP contribution in [0.2, 0.25) is 5.02 Å². The minimum absolute atomic E-state index is 0.0467. The van der Waals surface area contributed by atoms with Gasteiger partial charge in [0, 0.05) is 10.0 Å². The second-order valence-corrected chi connectivity index (χ2v) is 4.12. The van der Waals surface area contributed by atoms with Crippen LogP contribution in [0.4, 0.5) is 5.69 Å². The lowest BCUT2D eigenvalue weighted by molar-refractivity contribution is 0.0527. The second kappa shape index (κ2) is 5.32. The molecule has 1 aromatic rings. The topological polar surface area (TPSA) is 69.4 Å². The van der Waals surface area contributed by atoms with E-state index >= 15 is 0 Å². The van der Waals surface area contributed by atoms with Gasteiger partial charge < -0.3 is 10.5 Å². The molecule has 0 aliphatic rings. The van der Waals surface area contributed by atoms with E-state index in [0.29, 0.717) is 10.8 Å². The fraction of sp³-hybridized carbons (Fsp3) is 0.200. The van der Waals surface area contributed by atoms with Crippen molar-refractivity contribution in [3.05, 3.63) is 26.7 Å². The highest BCUT2D eigenvalue weighted by Gasteiger charge is 2.18. The Morgan fingerprint density at radius 1 is 1.69 bits per heavy atom. The molecule has 0 saturated heterocycles. The van der Waals surface area contributed by atoms with E-state index in [0.717, 1.165) is 0 Å². The number of nitrogens with two attached hydrogens (primary N) is 1. The third kappa shape index (κ3) is 2.36. The maximum Gasteiger partial charge on any atom is 0.340 e. The summed E-state index contributed by atoms with van der Waals surface area (Å²) in [6.07, 6.45) is 0.567. The Labute approximate surface area is 106 Å². The third-order valence-corrected chi connectivity index (χ3v) is 2.97. The van der Waals surface area contributed by atoms with Crippen LogP contribution in [0.15, 0.2) is 10.5 Å². The lowest BCUT2D eigenvalue weighted by atomic mass is 10.1. The number of anilines is 1. The minimum atomic E-state index is -0.569. The summed E-state index contributed by atoms with van der Waals surface area (Å²) in [5.41, 5.74) is 6.05. The first kappa shape index (κ1) is 13.0. The summed E-state index contributed by atoms with van der Waals surface area (Å²) < 4.78 is 5.21. The molecule has 1 rings (SSSR count). The van der Waals surface area contributed by atoms with Gasteiger partial charge in [-0.3, -0.25) is 4.79 Å². The molecule has 0 radical (unpaired) electrons. The summed E-state index contributed by atoms with van der Waals surface area (Å²) in [6.45, 7) is 1.92. The van der Waals surface area contributed by atoms with Gasteiger partial charge >= 0.3 is 5.97 Å². The Morgan fingerprint density at radius 3 is 2.81 bits per heavy atom. The molecule has 0 aromatic heterocycles. The molecular formula is C10H9BrClNO3. The molecule has 1 aromatic carbocycles. The van der Waals surface area contributed by atoms with Crippen molar-refractivity contribution in [2.45, 2.75) is 6.92 Å². The standard InChI is InChI=1S/C10H9BrClNO3/c1-2-16-10(15)5-3-7(11)6(4-14)8(12)9(5)13/h3-4H,2,13H2,1H3. The molecule has 0 spiro atoms. The minimum Gasteiger partial charge on any atom is -0.462 e. The summed E-state index contributed by atoms with van der Waals surface area (Å²) in [6, 6.07) is 1.42. The summed E-state index contributed by atoms with van der Waals surface area (Å²) >= 11 is 8.99. The molecule has 0 amide bonds. The highest BCUT2D eigenvalue weighted by atomic mass is 79.9. The largest absolute Gasteiger partial charge is 0.462 e. The zero-order valence-corrected chi connectivity index (χ0v) is 10.8. The molecule has 6 heteroatoms. The Hall–Kier alpha value is -1.07. The van der Waals surface area contributed by atoms with Crippen molar-refractivity contribution in [3.63, 3.8) is 0 Å². The van der Waals surface area contributed by atoms with Gasteiger partial charge in [-0.05, 0) is 28.9 Å². The molecule has 16 heavy (non-hydrogen) atoms. The molecular weight excluding hydrogens is 297 g/mol. The van der Waals surface area contributed by atoms with E-state index in [9.17, 15) is 9.59 Å². The number of esters is 1. The molecule has 0 unspecified atom stereocenters. The first-order valence-corrected chi connectivity index (χ1v) is 5.59. The highest BCUT2D eigenvalue weighted by molar-refractivity contribution is 9.10. The molecule has 0 aliphatic carbocycles. The number of ether oxygens (including phenoxy) is 1. The van der Waals surface area contributed by atoms with Gasteiger partial charge in [-0.1, -0.05) is 11.6 Å². The van der Waals surface area contributed by atoms with Crippen LogP contribution in [0.3, 0.4) is 0 Å². The van der Waals surface area contributed by atoms with Crippen molar-refractivity contribution < 1.29 is 14.3 Å². The van der Waals surface area contributed by atoms with Crippen LogP contribution in [0.25, 0.3) is 0 Å². The van der Waals surface area contributed by atoms with E-state index in [4.69, 9.17) is 22.1 Å². The zero-order chi connectivity index (χ0) is 12.3. The van der Waals surface area contributed by atoms with Gasteiger partial charge in [-0.25, -0.2) is 4.79 Å². The van der Waals surface area contributed by atoms with Crippen molar-refractivity contribution in [3.8, 4) is 0 Å². The average Bonchev–Trinajstić information content (AvgIpc) is 2.24. The van der Waals surface area contributed by atoms with E-state index in [2.05, 4.69) is 15.9 Å². The second-order valence-electron chi connectivity index (χ2n) is 2.89. The molecule has 4 nitrogen and oxygen atoms in total. The predicted octanol–water partition coefficient (Wildman–Crippen LogP) is 2.67. The lowest BCUT2D eigenvalue weighted by Crippen LogP contribution is -2.09. The number of benzene rings is 1. The molecule has 0 bridgehead atoms. The summed E-state index contributed by atoms with van der Waals surface area (Å²) in [5.74, 6) is -0.569. The SMILES string of the molecule is CCOC(=O)c1cc(Br)c(C=O)c(Cl)c1N. The van der Waals surface area contributed by atoms with E-state index in [-0.39, 0.29) is 28.4 Å². The number of hydrogen-bond donors (Lipinski definition) is 1. The van der Waals surface area contributed by atoms with Crippen molar-refractivity contribution in [2.24, 2.45) is 0 Å². The maximum absolute atomic E-state index is 11.5. The quantitative estimate of drug-likeness (QED) is 0.529. The Morgan fingerprint density at radius 2 is 2.31 bits per heavy atom. The van der Waals surface area contributed by atoms with Gasteiger partial charge in [0.2, 0.25) is 0 Å². The van der Waals surface area contributed by atoms with Gasteiger partial charge in [0.15, 0.2) is 6.29 Å². The number of rotatable bonds is 3. The molecule has 0 aliphatic heterocycles. The molecule has 86 valence electrons. The number of nitrogen functional groups attached to an aromatic ring is 1. The van der Waals surface area contributed by atoms with Crippen LogP contribution < -0.4 is 5.73 Å². The Balaban J connectivity index is 3.33. The van der Waals surface area contributed by atoms with Crippen LogP contribution in [0.1, 0.15) is 27.6 Å². The monoisotopic (exact) mass is 305 g/mol. The van der Waals surface area contributed by atoms with Gasteiger partial charge in [0.25, 0.3) is 0 Å². The molecule has 0 atom stereocenters. The van der Waals surface area contributed by atoms with Gasteiger partial charge in [-0.2, -0.15) is 0 Å². The van der Waals surface area contributed by atoms with E-state index in [1.165, 1.54) is 6.07 Å². The van der Waals surface area contributed by atoms with Crippen LogP contribution in [-0.4, -0.2) is 18.9 Å². The van der Waals surface area contributed by atoms with Gasteiger partial charge in [0.05, 0.1) is 22.9 Å². The number of halogens is 2. The van der Waals surface area contributed by atoms with Crippen LogP contribution >= 0.6 is 27.5 Å². The first-order valence-electron chi connectivity index (χ1n) is 4.42. The van der Waals surface area contributed by atoms with Crippen molar-refractivity contribution in [1.82, 2.24) is 0 Å². The predicted molar refractivity (Wildman–Crippen MR) is 64.9 cm³/mol. The summed E-state index contributed by atoms with van der Waals surface area (Å²) in [7, 11) is 0. The smallest absolute Gasteiger partial charge is 0.340 e. The maximum atomic E-state index is 11.5. The Kier molecular flexibility index (Phi) is 4.32. The fourth-order valence-electron chi connectivity index (χ4n) is 1.14. The van der Waals surface area contributed by atoms with Crippen molar-refractivity contribution in [1.29, 1.82) is 0 Å². The van der Waals surface area contributed by atoms with Crippen LogP contribution in [-0.2, 0) is 4.74 Å². The van der Waals surface area contributed by atoms with Gasteiger partial charge in [0.1, 0.15) is 0 Å². The third-order valence-electron chi connectivity index (χ3n) is 1.90. The van der Waals surface area contributed by atoms with Crippen LogP contribution in [0, 0.1) is 0 Å². The van der Waals surface area contributed by atoms with Gasteiger partial charge in [-0.15, -0.1) is 0 Å². The lowest BCUT2D eigenvalue weighted by Gasteiger charge is -2.09. The van der Waals surface area contributed by atoms with Crippen molar-refractivity contribution >= 4 is 45.5 Å². The number of hydrogen-bond acceptors (Lipinski definition) is 4. The van der Waals surface area contributed by atoms with E-state index in [1.54, 1.807) is 6.92 Å². The number of aldehydes is 1. The van der Waals surface area contributed by atoms with Crippen molar-refractivity contribution in [2.75, 3.05) is 12.3 Å². The highest BCUT2D eigenvalue weighted by Crippen LogP contribution is 2.32.